The lowest BCUT2D eigenvalue weighted by Crippen LogP contribution is -3.00. The SMILES string of the molecule is Oc1ccc(F)c(C2CC(c3csc(C4CC[NH2+]CC4)n3)=NO2)c1F.[Cl-]. The van der Waals surface area contributed by atoms with Crippen molar-refractivity contribution < 1.29 is 36.4 Å². The fourth-order valence-electron chi connectivity index (χ4n) is 3.32. The van der Waals surface area contributed by atoms with Crippen molar-refractivity contribution >= 4 is 17.0 Å². The molecule has 2 aromatic rings. The third-order valence-electron chi connectivity index (χ3n) is 4.70. The van der Waals surface area contributed by atoms with E-state index in [1.807, 2.05) is 5.38 Å². The second-order valence-electron chi connectivity index (χ2n) is 6.34. The van der Waals surface area contributed by atoms with Crippen molar-refractivity contribution in [2.24, 2.45) is 5.16 Å². The van der Waals surface area contributed by atoms with Crippen LogP contribution in [-0.4, -0.2) is 28.9 Å². The van der Waals surface area contributed by atoms with Gasteiger partial charge in [-0.3, -0.25) is 0 Å². The number of phenols is 1. The zero-order valence-corrected chi connectivity index (χ0v) is 15.4. The summed E-state index contributed by atoms with van der Waals surface area (Å²) in [7, 11) is 0. The molecule has 2 aliphatic rings. The standard InChI is InChI=1S/C17H17F2N3O2S.ClH/c18-10-1-2-13(23)16(19)15(10)14-7-11(22-24-14)12-8-25-17(21-12)9-3-5-20-6-4-9;/h1-2,8-9,14,20,23H,3-7H2;1H. The van der Waals surface area contributed by atoms with Crippen LogP contribution in [0.4, 0.5) is 8.78 Å². The molecule has 0 aliphatic carbocycles. The van der Waals surface area contributed by atoms with E-state index in [1.165, 1.54) is 0 Å². The molecule has 1 atom stereocenters. The summed E-state index contributed by atoms with van der Waals surface area (Å²) >= 11 is 1.60. The van der Waals surface area contributed by atoms with Crippen LogP contribution in [0.25, 0.3) is 0 Å². The van der Waals surface area contributed by atoms with Crippen molar-refractivity contribution in [1.82, 2.24) is 4.98 Å². The van der Waals surface area contributed by atoms with Gasteiger partial charge in [0.25, 0.3) is 0 Å². The van der Waals surface area contributed by atoms with Gasteiger partial charge in [-0.25, -0.2) is 13.8 Å². The van der Waals surface area contributed by atoms with Gasteiger partial charge in [0.15, 0.2) is 17.7 Å². The van der Waals surface area contributed by atoms with Gasteiger partial charge in [-0.15, -0.1) is 11.3 Å². The molecule has 9 heteroatoms. The maximum Gasteiger partial charge on any atom is 0.174 e. The lowest BCUT2D eigenvalue weighted by atomic mass is 9.99. The van der Waals surface area contributed by atoms with Gasteiger partial charge in [-0.2, -0.15) is 0 Å². The Balaban J connectivity index is 0.00000196. The fraction of sp³-hybridized carbons (Fsp3) is 0.412. The summed E-state index contributed by atoms with van der Waals surface area (Å²) in [5.74, 6) is -1.88. The monoisotopic (exact) mass is 401 g/mol. The summed E-state index contributed by atoms with van der Waals surface area (Å²) in [5, 5.41) is 18.8. The zero-order chi connectivity index (χ0) is 17.4. The fourth-order valence-corrected chi connectivity index (χ4v) is 4.32. The number of thiazole rings is 1. The van der Waals surface area contributed by atoms with Crippen molar-refractivity contribution in [2.45, 2.75) is 31.3 Å². The lowest BCUT2D eigenvalue weighted by molar-refractivity contribution is -0.663. The first kappa shape index (κ1) is 19.0. The summed E-state index contributed by atoms with van der Waals surface area (Å²) in [6.07, 6.45) is 1.55. The van der Waals surface area contributed by atoms with E-state index >= 15 is 0 Å². The minimum absolute atomic E-state index is 0. The van der Waals surface area contributed by atoms with E-state index < -0.39 is 23.5 Å². The van der Waals surface area contributed by atoms with Gasteiger partial charge in [0.05, 0.1) is 29.4 Å². The molecule has 3 N–H and O–H groups in total. The molecule has 0 saturated carbocycles. The molecule has 1 aromatic heterocycles. The molecule has 26 heavy (non-hydrogen) atoms. The number of aromatic hydroxyl groups is 1. The predicted octanol–water partition coefficient (Wildman–Crippen LogP) is -0.563. The van der Waals surface area contributed by atoms with E-state index in [1.54, 1.807) is 11.3 Å². The summed E-state index contributed by atoms with van der Waals surface area (Å²) in [6, 6.07) is 2.01. The first-order valence-corrected chi connectivity index (χ1v) is 9.18. The molecular formula is C17H18ClF2N3O2S. The topological polar surface area (TPSA) is 71.3 Å². The largest absolute Gasteiger partial charge is 1.00 e. The van der Waals surface area contributed by atoms with Crippen LogP contribution in [-0.2, 0) is 4.84 Å². The Morgan fingerprint density at radius 2 is 2.00 bits per heavy atom. The Morgan fingerprint density at radius 1 is 1.23 bits per heavy atom. The number of benzene rings is 1. The van der Waals surface area contributed by atoms with Crippen LogP contribution in [0.3, 0.4) is 0 Å². The molecule has 1 fully saturated rings. The van der Waals surface area contributed by atoms with E-state index in [9.17, 15) is 13.9 Å². The van der Waals surface area contributed by atoms with Crippen molar-refractivity contribution in [2.75, 3.05) is 13.1 Å². The van der Waals surface area contributed by atoms with Crippen LogP contribution in [0, 0.1) is 11.6 Å². The minimum Gasteiger partial charge on any atom is -1.00 e. The van der Waals surface area contributed by atoms with Crippen LogP contribution >= 0.6 is 11.3 Å². The second-order valence-corrected chi connectivity index (χ2v) is 7.23. The molecule has 0 bridgehead atoms. The van der Waals surface area contributed by atoms with Crippen molar-refractivity contribution in [3.8, 4) is 5.75 Å². The van der Waals surface area contributed by atoms with Crippen molar-refractivity contribution in [3.63, 3.8) is 0 Å². The van der Waals surface area contributed by atoms with Crippen LogP contribution in [0.1, 0.15) is 47.5 Å². The maximum absolute atomic E-state index is 14.1. The lowest BCUT2D eigenvalue weighted by Gasteiger charge is -2.17. The van der Waals surface area contributed by atoms with Gasteiger partial charge in [-0.1, -0.05) is 5.16 Å². The first-order chi connectivity index (χ1) is 12.1. The van der Waals surface area contributed by atoms with Gasteiger partial charge < -0.3 is 27.7 Å². The Bertz CT molecular complexity index is 824. The molecule has 5 nitrogen and oxygen atoms in total. The third kappa shape index (κ3) is 3.54. The Morgan fingerprint density at radius 3 is 2.77 bits per heavy atom. The average molecular weight is 402 g/mol. The molecule has 1 saturated heterocycles. The van der Waals surface area contributed by atoms with E-state index in [-0.39, 0.29) is 24.4 Å². The molecule has 4 rings (SSSR count). The number of nitrogens with zero attached hydrogens (tertiary/aromatic N) is 2. The molecule has 1 aromatic carbocycles. The highest BCUT2D eigenvalue weighted by molar-refractivity contribution is 7.09. The molecule has 0 radical (unpaired) electrons. The summed E-state index contributed by atoms with van der Waals surface area (Å²) in [6.45, 7) is 2.23. The van der Waals surface area contributed by atoms with Crippen molar-refractivity contribution in [3.05, 3.63) is 45.4 Å². The highest BCUT2D eigenvalue weighted by Crippen LogP contribution is 2.36. The van der Waals surface area contributed by atoms with Crippen LogP contribution in [0.5, 0.6) is 5.75 Å². The van der Waals surface area contributed by atoms with Crippen LogP contribution < -0.4 is 17.7 Å². The van der Waals surface area contributed by atoms with Gasteiger partial charge >= 0.3 is 0 Å². The highest BCUT2D eigenvalue weighted by Gasteiger charge is 2.32. The van der Waals surface area contributed by atoms with Gasteiger partial charge in [0, 0.05) is 30.6 Å². The average Bonchev–Trinajstić information content (AvgIpc) is 3.29. The van der Waals surface area contributed by atoms with Crippen molar-refractivity contribution in [1.29, 1.82) is 0 Å². The predicted molar refractivity (Wildman–Crippen MR) is 88.8 cm³/mol. The van der Waals surface area contributed by atoms with Crippen LogP contribution in [0.15, 0.2) is 22.7 Å². The zero-order valence-electron chi connectivity index (χ0n) is 13.8. The molecule has 0 spiro atoms. The van der Waals surface area contributed by atoms with E-state index in [2.05, 4.69) is 15.5 Å². The van der Waals surface area contributed by atoms with E-state index in [0.29, 0.717) is 17.3 Å². The summed E-state index contributed by atoms with van der Waals surface area (Å²) < 4.78 is 28.0. The molecule has 3 heterocycles. The van der Waals surface area contributed by atoms with Gasteiger partial charge in [0.1, 0.15) is 11.5 Å². The minimum atomic E-state index is -1.00. The summed E-state index contributed by atoms with van der Waals surface area (Å²) in [4.78, 5) is 9.90. The Kier molecular flexibility index (Phi) is 5.74. The molecule has 0 amide bonds. The summed E-state index contributed by atoms with van der Waals surface area (Å²) in [5.41, 5.74) is 0.993. The number of phenolic OH excluding ortho intramolecular Hbond substituents is 1. The molecule has 2 aliphatic heterocycles. The number of aromatic nitrogens is 1. The quantitative estimate of drug-likeness (QED) is 0.724. The maximum atomic E-state index is 14.1. The van der Waals surface area contributed by atoms with Gasteiger partial charge in [0.2, 0.25) is 0 Å². The number of quaternary nitrogens is 1. The van der Waals surface area contributed by atoms with E-state index in [0.717, 1.165) is 43.1 Å². The van der Waals surface area contributed by atoms with E-state index in [4.69, 9.17) is 4.84 Å². The first-order valence-electron chi connectivity index (χ1n) is 8.30. The number of halogens is 3. The Hall–Kier alpha value is -1.77. The van der Waals surface area contributed by atoms with Crippen LogP contribution in [0.2, 0.25) is 0 Å². The number of oxime groups is 1. The third-order valence-corrected chi connectivity index (χ3v) is 5.71. The normalized spacial score (nSPS) is 20.4. The molecule has 140 valence electrons. The number of hydrogen-bond donors (Lipinski definition) is 2. The number of rotatable bonds is 3. The Labute approximate surface area is 159 Å². The highest BCUT2D eigenvalue weighted by atomic mass is 35.5. The smallest absolute Gasteiger partial charge is 0.174 e. The second kappa shape index (κ2) is 7.85. The number of nitrogens with two attached hydrogens (primary N) is 1. The molecule has 1 unspecified atom stereocenters. The number of piperidine rings is 1. The van der Waals surface area contributed by atoms with Gasteiger partial charge in [-0.05, 0) is 12.1 Å². The number of hydrogen-bond acceptors (Lipinski definition) is 5. The molecular weight excluding hydrogens is 384 g/mol.